The number of nitrogens with one attached hydrogen (secondary N) is 1. The Hall–Kier alpha value is -3.00. The van der Waals surface area contributed by atoms with Crippen LogP contribution in [0.15, 0.2) is 48.2 Å². The number of carbonyl (C=O) groups is 2. The minimum Gasteiger partial charge on any atom is -0.466 e. The van der Waals surface area contributed by atoms with Crippen molar-refractivity contribution >= 4 is 11.9 Å². The van der Waals surface area contributed by atoms with Crippen molar-refractivity contribution < 1.29 is 19.1 Å². The minimum absolute atomic E-state index is 0.0288. The van der Waals surface area contributed by atoms with Gasteiger partial charge in [0.2, 0.25) is 5.91 Å². The molecular formula is C25H34N4O4. The van der Waals surface area contributed by atoms with Gasteiger partial charge in [-0.25, -0.2) is 9.48 Å². The fourth-order valence-electron chi connectivity index (χ4n) is 4.23. The van der Waals surface area contributed by atoms with Crippen LogP contribution in [-0.2, 0) is 31.9 Å². The molecule has 2 aromatic rings. The van der Waals surface area contributed by atoms with Crippen LogP contribution in [0.1, 0.15) is 57.3 Å². The van der Waals surface area contributed by atoms with Crippen LogP contribution >= 0.6 is 0 Å². The highest BCUT2D eigenvalue weighted by molar-refractivity contribution is 5.89. The number of amides is 1. The first-order valence-electron chi connectivity index (χ1n) is 11.6. The molecule has 8 nitrogen and oxygen atoms in total. The molecule has 1 aliphatic rings. The monoisotopic (exact) mass is 454 g/mol. The number of nitrogens with zero attached hydrogens (tertiary/aromatic N) is 3. The van der Waals surface area contributed by atoms with Gasteiger partial charge >= 0.3 is 5.97 Å². The molecule has 0 fully saturated rings. The molecule has 1 aromatic carbocycles. The van der Waals surface area contributed by atoms with E-state index in [-0.39, 0.29) is 24.2 Å². The van der Waals surface area contributed by atoms with E-state index in [1.807, 2.05) is 30.5 Å². The lowest BCUT2D eigenvalue weighted by Gasteiger charge is -2.38. The zero-order chi connectivity index (χ0) is 23.8. The van der Waals surface area contributed by atoms with Crippen LogP contribution in [0, 0.1) is 0 Å². The molecule has 1 amide bonds. The number of carbonyl (C=O) groups excluding carboxylic acids is 2. The number of aryl methyl sites for hydroxylation is 2. The third kappa shape index (κ3) is 6.51. The molecule has 178 valence electrons. The van der Waals surface area contributed by atoms with Gasteiger partial charge in [-0.1, -0.05) is 49.4 Å². The third-order valence-corrected chi connectivity index (χ3v) is 6.03. The van der Waals surface area contributed by atoms with Crippen LogP contribution in [0.4, 0.5) is 0 Å². The first-order valence-corrected chi connectivity index (χ1v) is 11.6. The number of benzene rings is 1. The van der Waals surface area contributed by atoms with Crippen molar-refractivity contribution in [2.75, 3.05) is 7.11 Å². The Labute approximate surface area is 195 Å². The molecule has 3 atom stereocenters. The number of esters is 1. The lowest BCUT2D eigenvalue weighted by atomic mass is 9.87. The molecule has 0 bridgehead atoms. The average Bonchev–Trinajstić information content (AvgIpc) is 3.30. The SMILES string of the molecule is CCC(CC)O[C@@H]1CC(C(=O)OC)=C[C@H](n2cc(CCc3ccccc3)nn2)[C@H]1NC(C)=O. The minimum atomic E-state index is -0.422. The van der Waals surface area contributed by atoms with Crippen LogP contribution in [-0.4, -0.2) is 52.2 Å². The fraction of sp³-hybridized carbons (Fsp3) is 0.520. The van der Waals surface area contributed by atoms with Crippen molar-refractivity contribution in [2.24, 2.45) is 0 Å². The summed E-state index contributed by atoms with van der Waals surface area (Å²) in [7, 11) is 1.37. The molecule has 1 N–H and O–H groups in total. The predicted molar refractivity (Wildman–Crippen MR) is 124 cm³/mol. The maximum Gasteiger partial charge on any atom is 0.333 e. The molecule has 8 heteroatoms. The highest BCUT2D eigenvalue weighted by Gasteiger charge is 2.39. The fourth-order valence-corrected chi connectivity index (χ4v) is 4.23. The van der Waals surface area contributed by atoms with Crippen molar-refractivity contribution in [3.63, 3.8) is 0 Å². The molecule has 0 unspecified atom stereocenters. The van der Waals surface area contributed by atoms with Crippen molar-refractivity contribution in [2.45, 2.75) is 77.2 Å². The standard InChI is InChI=1S/C25H34N4O4/c1-5-21(6-2)33-23-15-19(25(31)32-4)14-22(24(23)26-17(3)30)29-16-20(27-28-29)13-12-18-10-8-7-9-11-18/h7-11,14,16,21-24H,5-6,12-13,15H2,1-4H3,(H,26,30)/t22-,23+,24+/m0/s1. The zero-order valence-electron chi connectivity index (χ0n) is 19.9. The van der Waals surface area contributed by atoms with E-state index in [4.69, 9.17) is 9.47 Å². The Bertz CT molecular complexity index is 952. The molecular weight excluding hydrogens is 420 g/mol. The van der Waals surface area contributed by atoms with Gasteiger partial charge in [0, 0.05) is 25.1 Å². The molecule has 0 aliphatic heterocycles. The summed E-state index contributed by atoms with van der Waals surface area (Å²) in [6, 6.07) is 9.40. The highest BCUT2D eigenvalue weighted by Crippen LogP contribution is 2.31. The Morgan fingerprint density at radius 1 is 1.18 bits per heavy atom. The van der Waals surface area contributed by atoms with Crippen LogP contribution < -0.4 is 5.32 Å². The Kier molecular flexibility index (Phi) is 8.77. The molecule has 1 aliphatic carbocycles. The van der Waals surface area contributed by atoms with Gasteiger partial charge in [-0.05, 0) is 37.3 Å². The summed E-state index contributed by atoms with van der Waals surface area (Å²) in [4.78, 5) is 24.5. The molecule has 0 saturated heterocycles. The van der Waals surface area contributed by atoms with Crippen molar-refractivity contribution in [3.8, 4) is 0 Å². The lowest BCUT2D eigenvalue weighted by molar-refractivity contribution is -0.137. The van der Waals surface area contributed by atoms with E-state index in [2.05, 4.69) is 41.6 Å². The smallest absolute Gasteiger partial charge is 0.333 e. The van der Waals surface area contributed by atoms with Crippen molar-refractivity contribution in [3.05, 3.63) is 59.4 Å². The summed E-state index contributed by atoms with van der Waals surface area (Å²) in [5.74, 6) is -0.564. The van der Waals surface area contributed by atoms with Gasteiger partial charge in [0.1, 0.15) is 0 Å². The number of hydrogen-bond donors (Lipinski definition) is 1. The van der Waals surface area contributed by atoms with E-state index in [1.54, 1.807) is 4.68 Å². The van der Waals surface area contributed by atoms with Crippen molar-refractivity contribution in [1.82, 2.24) is 20.3 Å². The van der Waals surface area contributed by atoms with Gasteiger partial charge in [-0.3, -0.25) is 4.79 Å². The molecule has 0 radical (unpaired) electrons. The number of methoxy groups -OCH3 is 1. The Balaban J connectivity index is 1.88. The molecule has 1 aromatic heterocycles. The first kappa shape index (κ1) is 24.6. The molecule has 0 saturated carbocycles. The summed E-state index contributed by atoms with van der Waals surface area (Å²) >= 11 is 0. The summed E-state index contributed by atoms with van der Waals surface area (Å²) < 4.78 is 13.1. The second-order valence-electron chi connectivity index (χ2n) is 8.39. The van der Waals surface area contributed by atoms with Gasteiger partial charge in [0.05, 0.1) is 37.1 Å². The normalized spacial score (nSPS) is 20.4. The van der Waals surface area contributed by atoms with Gasteiger partial charge in [-0.2, -0.15) is 0 Å². The van der Waals surface area contributed by atoms with E-state index in [9.17, 15) is 9.59 Å². The van der Waals surface area contributed by atoms with Crippen LogP contribution in [0.2, 0.25) is 0 Å². The quantitative estimate of drug-likeness (QED) is 0.554. The van der Waals surface area contributed by atoms with Gasteiger partial charge in [0.15, 0.2) is 0 Å². The topological polar surface area (TPSA) is 95.3 Å². The second kappa shape index (κ2) is 11.7. The Morgan fingerprint density at radius 3 is 2.55 bits per heavy atom. The first-order chi connectivity index (χ1) is 15.9. The van der Waals surface area contributed by atoms with Crippen LogP contribution in [0.5, 0.6) is 0 Å². The molecule has 33 heavy (non-hydrogen) atoms. The summed E-state index contributed by atoms with van der Waals surface area (Å²) in [6.45, 7) is 5.61. The Morgan fingerprint density at radius 2 is 1.91 bits per heavy atom. The number of hydrogen-bond acceptors (Lipinski definition) is 6. The number of aromatic nitrogens is 3. The van der Waals surface area contributed by atoms with Gasteiger partial charge in [-0.15, -0.1) is 5.10 Å². The van der Waals surface area contributed by atoms with Gasteiger partial charge < -0.3 is 14.8 Å². The third-order valence-electron chi connectivity index (χ3n) is 6.03. The average molecular weight is 455 g/mol. The van der Waals surface area contributed by atoms with E-state index >= 15 is 0 Å². The molecule has 1 heterocycles. The lowest BCUT2D eigenvalue weighted by Crippen LogP contribution is -2.52. The highest BCUT2D eigenvalue weighted by atomic mass is 16.5. The molecule has 3 rings (SSSR count). The van der Waals surface area contributed by atoms with E-state index in [0.29, 0.717) is 12.0 Å². The zero-order valence-corrected chi connectivity index (χ0v) is 19.9. The number of rotatable bonds is 10. The van der Waals surface area contributed by atoms with Crippen molar-refractivity contribution in [1.29, 1.82) is 0 Å². The van der Waals surface area contributed by atoms with Crippen LogP contribution in [0.25, 0.3) is 0 Å². The van der Waals surface area contributed by atoms with E-state index < -0.39 is 12.0 Å². The van der Waals surface area contributed by atoms with Crippen LogP contribution in [0.3, 0.4) is 0 Å². The summed E-state index contributed by atoms with van der Waals surface area (Å²) in [6.07, 6.45) is 6.97. The predicted octanol–water partition coefficient (Wildman–Crippen LogP) is 3.19. The second-order valence-corrected chi connectivity index (χ2v) is 8.39. The number of ether oxygens (including phenoxy) is 2. The largest absolute Gasteiger partial charge is 0.466 e. The van der Waals surface area contributed by atoms with E-state index in [0.717, 1.165) is 31.4 Å². The summed E-state index contributed by atoms with van der Waals surface area (Å²) in [5.41, 5.74) is 2.59. The van der Waals surface area contributed by atoms with Gasteiger partial charge in [0.25, 0.3) is 0 Å². The summed E-state index contributed by atoms with van der Waals surface area (Å²) in [5, 5.41) is 11.7. The maximum absolute atomic E-state index is 12.4. The maximum atomic E-state index is 12.4. The molecule has 0 spiro atoms. The van der Waals surface area contributed by atoms with E-state index in [1.165, 1.54) is 19.6 Å².